The van der Waals surface area contributed by atoms with E-state index in [9.17, 15) is 0 Å². The zero-order chi connectivity index (χ0) is 11.2. The molecule has 0 saturated carbocycles. The lowest BCUT2D eigenvalue weighted by Crippen LogP contribution is -2.75. The van der Waals surface area contributed by atoms with Gasteiger partial charge in [0.2, 0.25) is 0 Å². The second-order valence-corrected chi connectivity index (χ2v) is 6.38. The number of rotatable bonds is 2. The van der Waals surface area contributed by atoms with Gasteiger partial charge in [-0.25, -0.2) is 0 Å². The molecule has 3 nitrogen and oxygen atoms in total. The van der Waals surface area contributed by atoms with Crippen molar-refractivity contribution < 1.29 is 0 Å². The Morgan fingerprint density at radius 1 is 1.25 bits per heavy atom. The van der Waals surface area contributed by atoms with Crippen molar-refractivity contribution in [1.29, 1.82) is 0 Å². The highest BCUT2D eigenvalue weighted by molar-refractivity contribution is 5.09. The third-order valence-corrected chi connectivity index (χ3v) is 5.11. The van der Waals surface area contributed by atoms with Gasteiger partial charge >= 0.3 is 0 Å². The summed E-state index contributed by atoms with van der Waals surface area (Å²) in [5.74, 6) is 0.969. The minimum Gasteiger partial charge on any atom is -0.313 e. The van der Waals surface area contributed by atoms with Crippen molar-refractivity contribution in [2.24, 2.45) is 11.3 Å². The van der Waals surface area contributed by atoms with Crippen LogP contribution < -0.4 is 5.32 Å². The highest BCUT2D eigenvalue weighted by Crippen LogP contribution is 2.39. The number of likely N-dealkylation sites (tertiary alicyclic amines) is 2. The number of nitrogens with zero attached hydrogens (tertiary/aromatic N) is 2. The fraction of sp³-hybridized carbons (Fsp3) is 1.00. The van der Waals surface area contributed by atoms with Gasteiger partial charge in [0.1, 0.15) is 0 Å². The number of hydrogen-bond donors (Lipinski definition) is 1. The van der Waals surface area contributed by atoms with Crippen molar-refractivity contribution in [3.8, 4) is 0 Å². The molecule has 0 aromatic rings. The van der Waals surface area contributed by atoms with Gasteiger partial charge in [0.25, 0.3) is 0 Å². The van der Waals surface area contributed by atoms with Crippen LogP contribution in [0.3, 0.4) is 0 Å². The van der Waals surface area contributed by atoms with E-state index in [-0.39, 0.29) is 0 Å². The summed E-state index contributed by atoms with van der Waals surface area (Å²) in [6.45, 7) is 10.3. The molecule has 0 unspecified atom stereocenters. The molecule has 3 heteroatoms. The molecule has 1 N–H and O–H groups in total. The first-order chi connectivity index (χ1) is 7.68. The molecule has 0 aliphatic carbocycles. The van der Waals surface area contributed by atoms with E-state index in [0.717, 1.165) is 12.0 Å². The van der Waals surface area contributed by atoms with Crippen molar-refractivity contribution in [3.63, 3.8) is 0 Å². The van der Waals surface area contributed by atoms with Crippen LogP contribution in [0.4, 0.5) is 0 Å². The summed E-state index contributed by atoms with van der Waals surface area (Å²) in [6, 6.07) is 0.765. The lowest BCUT2D eigenvalue weighted by atomic mass is 9.68. The average Bonchev–Trinajstić information content (AvgIpc) is 2.23. The Kier molecular flexibility index (Phi) is 2.73. The second-order valence-electron chi connectivity index (χ2n) is 6.38. The van der Waals surface area contributed by atoms with Gasteiger partial charge in [-0.05, 0) is 45.8 Å². The van der Waals surface area contributed by atoms with E-state index in [1.54, 1.807) is 0 Å². The minimum atomic E-state index is 0.672. The molecule has 1 atom stereocenters. The molecule has 0 bridgehead atoms. The zero-order valence-electron chi connectivity index (χ0n) is 10.7. The van der Waals surface area contributed by atoms with Crippen LogP contribution in [-0.2, 0) is 0 Å². The molecular weight excluding hydrogens is 198 g/mol. The van der Waals surface area contributed by atoms with E-state index in [4.69, 9.17) is 0 Å². The molecule has 0 amide bonds. The normalized spacial score (nSPS) is 36.0. The zero-order valence-corrected chi connectivity index (χ0v) is 10.7. The van der Waals surface area contributed by atoms with Crippen molar-refractivity contribution >= 4 is 0 Å². The molecule has 3 rings (SSSR count). The van der Waals surface area contributed by atoms with Gasteiger partial charge in [-0.1, -0.05) is 0 Å². The van der Waals surface area contributed by atoms with Crippen LogP contribution in [0.25, 0.3) is 0 Å². The summed E-state index contributed by atoms with van der Waals surface area (Å²) in [5.41, 5.74) is 0.672. The van der Waals surface area contributed by atoms with Crippen LogP contribution in [0.2, 0.25) is 0 Å². The Morgan fingerprint density at radius 2 is 1.94 bits per heavy atom. The molecule has 0 aromatic heterocycles. The maximum absolute atomic E-state index is 3.50. The Hall–Kier alpha value is -0.120. The van der Waals surface area contributed by atoms with Gasteiger partial charge in [0.05, 0.1) is 0 Å². The summed E-state index contributed by atoms with van der Waals surface area (Å²) >= 11 is 0. The first-order valence-electron chi connectivity index (χ1n) is 6.82. The lowest BCUT2D eigenvalue weighted by Gasteiger charge is -2.61. The molecule has 3 fully saturated rings. The van der Waals surface area contributed by atoms with Gasteiger partial charge in [0, 0.05) is 37.6 Å². The number of nitrogens with one attached hydrogen (secondary N) is 1. The second kappa shape index (κ2) is 3.97. The summed E-state index contributed by atoms with van der Waals surface area (Å²) in [6.07, 6.45) is 2.82. The van der Waals surface area contributed by atoms with Crippen LogP contribution in [-0.4, -0.2) is 62.2 Å². The molecule has 3 saturated heterocycles. The smallest absolute Gasteiger partial charge is 0.0233 e. The Balaban J connectivity index is 1.41. The summed E-state index contributed by atoms with van der Waals surface area (Å²) in [5, 5.41) is 3.50. The van der Waals surface area contributed by atoms with E-state index in [1.807, 2.05) is 0 Å². The lowest BCUT2D eigenvalue weighted by molar-refractivity contribution is -0.0826. The van der Waals surface area contributed by atoms with Gasteiger partial charge in [0.15, 0.2) is 0 Å². The Labute approximate surface area is 99.2 Å². The third kappa shape index (κ3) is 1.79. The maximum Gasteiger partial charge on any atom is 0.0233 e. The van der Waals surface area contributed by atoms with Gasteiger partial charge in [-0.15, -0.1) is 0 Å². The molecule has 1 spiro atoms. The molecule has 3 aliphatic heterocycles. The van der Waals surface area contributed by atoms with Crippen LogP contribution >= 0.6 is 0 Å². The van der Waals surface area contributed by atoms with Crippen LogP contribution in [0, 0.1) is 11.3 Å². The first kappa shape index (κ1) is 11.0. The Morgan fingerprint density at radius 3 is 2.44 bits per heavy atom. The largest absolute Gasteiger partial charge is 0.313 e. The van der Waals surface area contributed by atoms with Gasteiger partial charge in [-0.2, -0.15) is 0 Å². The standard InChI is InChI=1S/C13H25N3/c1-11-13(8-14-11)9-16(10-13)7-12-3-5-15(2)6-4-12/h11-12,14H,3-10H2,1-2H3/t11-/m1/s1. The van der Waals surface area contributed by atoms with Gasteiger partial charge in [-0.3, -0.25) is 0 Å². The first-order valence-corrected chi connectivity index (χ1v) is 6.82. The molecular formula is C13H25N3. The molecule has 3 heterocycles. The maximum atomic E-state index is 3.50. The Bertz CT molecular complexity index is 252. The van der Waals surface area contributed by atoms with Gasteiger partial charge < -0.3 is 15.1 Å². The van der Waals surface area contributed by atoms with E-state index >= 15 is 0 Å². The van der Waals surface area contributed by atoms with Crippen LogP contribution in [0.15, 0.2) is 0 Å². The molecule has 0 aromatic carbocycles. The van der Waals surface area contributed by atoms with Crippen molar-refractivity contribution in [1.82, 2.24) is 15.1 Å². The SMILES string of the molecule is C[C@H]1NCC12CN(CC1CCN(C)CC1)C2. The topological polar surface area (TPSA) is 18.5 Å². The minimum absolute atomic E-state index is 0.672. The third-order valence-electron chi connectivity index (χ3n) is 5.11. The fourth-order valence-electron chi connectivity index (χ4n) is 3.56. The quantitative estimate of drug-likeness (QED) is 0.740. The van der Waals surface area contributed by atoms with E-state index in [0.29, 0.717) is 5.41 Å². The molecule has 16 heavy (non-hydrogen) atoms. The summed E-state index contributed by atoms with van der Waals surface area (Å²) in [7, 11) is 2.25. The number of piperidine rings is 1. The summed E-state index contributed by atoms with van der Waals surface area (Å²) in [4.78, 5) is 5.15. The highest BCUT2D eigenvalue weighted by Gasteiger charge is 2.52. The molecule has 92 valence electrons. The predicted molar refractivity (Wildman–Crippen MR) is 66.6 cm³/mol. The molecule has 0 radical (unpaired) electrons. The van der Waals surface area contributed by atoms with E-state index in [2.05, 4.69) is 29.1 Å². The van der Waals surface area contributed by atoms with Crippen LogP contribution in [0.5, 0.6) is 0 Å². The monoisotopic (exact) mass is 223 g/mol. The van der Waals surface area contributed by atoms with Crippen molar-refractivity contribution in [3.05, 3.63) is 0 Å². The van der Waals surface area contributed by atoms with E-state index in [1.165, 1.54) is 52.1 Å². The van der Waals surface area contributed by atoms with Crippen molar-refractivity contribution in [2.45, 2.75) is 25.8 Å². The van der Waals surface area contributed by atoms with Crippen LogP contribution in [0.1, 0.15) is 19.8 Å². The highest BCUT2D eigenvalue weighted by atomic mass is 15.3. The average molecular weight is 223 g/mol. The molecule has 3 aliphatic rings. The number of hydrogen-bond acceptors (Lipinski definition) is 3. The predicted octanol–water partition coefficient (Wildman–Crippen LogP) is 0.622. The summed E-state index contributed by atoms with van der Waals surface area (Å²) < 4.78 is 0. The fourth-order valence-corrected chi connectivity index (χ4v) is 3.56. The van der Waals surface area contributed by atoms with E-state index < -0.39 is 0 Å². The van der Waals surface area contributed by atoms with Crippen molar-refractivity contribution in [2.75, 3.05) is 46.3 Å².